The van der Waals surface area contributed by atoms with Crippen LogP contribution in [0, 0.1) is 0 Å². The maximum absolute atomic E-state index is 10.7. The minimum absolute atomic E-state index is 0.231. The topological polar surface area (TPSA) is 80.9 Å². The molecule has 35 heavy (non-hydrogen) atoms. The Bertz CT molecular complexity index is 1130. The van der Waals surface area contributed by atoms with Gasteiger partial charge in [-0.3, -0.25) is 4.90 Å². The molecular formula is C27H35N3O4S. The van der Waals surface area contributed by atoms with E-state index in [1.165, 1.54) is 36.0 Å². The van der Waals surface area contributed by atoms with Crippen molar-refractivity contribution in [1.82, 2.24) is 14.9 Å². The molecule has 3 aromatic heterocycles. The van der Waals surface area contributed by atoms with Crippen molar-refractivity contribution in [1.29, 1.82) is 0 Å². The van der Waals surface area contributed by atoms with Crippen molar-refractivity contribution in [3.8, 4) is 5.75 Å². The van der Waals surface area contributed by atoms with Crippen LogP contribution in [0.2, 0.25) is 0 Å². The number of aliphatic hydroxyl groups excluding tert-OH is 1. The average Bonchev–Trinajstić information content (AvgIpc) is 3.64. The highest BCUT2D eigenvalue weighted by atomic mass is 32.1. The van der Waals surface area contributed by atoms with E-state index in [1.54, 1.807) is 17.5 Å². The van der Waals surface area contributed by atoms with Gasteiger partial charge in [-0.2, -0.15) is 0 Å². The van der Waals surface area contributed by atoms with Crippen molar-refractivity contribution >= 4 is 21.6 Å². The minimum atomic E-state index is -0.697. The number of aromatic nitrogens is 2. The number of morpholine rings is 1. The Labute approximate surface area is 210 Å². The van der Waals surface area contributed by atoms with Gasteiger partial charge in [-0.05, 0) is 68.9 Å². The first-order valence-corrected chi connectivity index (χ1v) is 14.0. The molecule has 0 spiro atoms. The summed E-state index contributed by atoms with van der Waals surface area (Å²) in [5, 5.41) is 11.9. The molecule has 8 heteroatoms. The SMILES string of the molecule is CC[C@]1(N2CCOCC2)CC[C@H](Oc2ccnc3sc4c(c23)[C@@H](C[C@H](O)c2ncco2)CC4)CC1. The molecule has 1 saturated carbocycles. The van der Waals surface area contributed by atoms with E-state index in [4.69, 9.17) is 13.9 Å². The summed E-state index contributed by atoms with van der Waals surface area (Å²) in [6.07, 6.45) is 12.9. The van der Waals surface area contributed by atoms with Gasteiger partial charge in [-0.25, -0.2) is 9.97 Å². The summed E-state index contributed by atoms with van der Waals surface area (Å²) in [5.74, 6) is 1.62. The number of ether oxygens (including phenoxy) is 2. The predicted octanol–water partition coefficient (Wildman–Crippen LogP) is 5.24. The number of hydrogen-bond donors (Lipinski definition) is 1. The number of thiophene rings is 1. The van der Waals surface area contributed by atoms with Crippen LogP contribution in [-0.4, -0.2) is 57.9 Å². The second kappa shape index (κ2) is 9.81. The third-order valence-electron chi connectivity index (χ3n) is 8.54. The highest BCUT2D eigenvalue weighted by Crippen LogP contribution is 2.49. The summed E-state index contributed by atoms with van der Waals surface area (Å²) < 4.78 is 17.7. The van der Waals surface area contributed by atoms with E-state index in [0.717, 1.165) is 68.0 Å². The van der Waals surface area contributed by atoms with Gasteiger partial charge in [0, 0.05) is 29.7 Å². The predicted molar refractivity (Wildman–Crippen MR) is 135 cm³/mol. The van der Waals surface area contributed by atoms with Crippen LogP contribution in [0.1, 0.15) is 80.2 Å². The quantitative estimate of drug-likeness (QED) is 0.478. The number of rotatable bonds is 7. The van der Waals surface area contributed by atoms with Crippen LogP contribution in [0.4, 0.5) is 0 Å². The summed E-state index contributed by atoms with van der Waals surface area (Å²) in [4.78, 5) is 13.9. The third kappa shape index (κ3) is 4.39. The Hall–Kier alpha value is -2.00. The summed E-state index contributed by atoms with van der Waals surface area (Å²) in [7, 11) is 0. The Morgan fingerprint density at radius 3 is 2.77 bits per heavy atom. The first kappa shape index (κ1) is 23.4. The number of fused-ring (bicyclic) bond motifs is 3. The van der Waals surface area contributed by atoms with Gasteiger partial charge in [-0.1, -0.05) is 6.92 Å². The molecule has 6 rings (SSSR count). The molecule has 0 aromatic carbocycles. The van der Waals surface area contributed by atoms with E-state index in [2.05, 4.69) is 21.8 Å². The zero-order valence-electron chi connectivity index (χ0n) is 20.4. The van der Waals surface area contributed by atoms with Crippen LogP contribution in [0.5, 0.6) is 5.75 Å². The molecule has 0 bridgehead atoms. The molecule has 2 fully saturated rings. The summed E-state index contributed by atoms with van der Waals surface area (Å²) >= 11 is 1.78. The van der Waals surface area contributed by atoms with Crippen LogP contribution in [-0.2, 0) is 11.2 Å². The molecule has 3 aromatic rings. The fourth-order valence-electron chi connectivity index (χ4n) is 6.59. The van der Waals surface area contributed by atoms with Gasteiger partial charge in [-0.15, -0.1) is 11.3 Å². The van der Waals surface area contributed by atoms with Gasteiger partial charge in [0.2, 0.25) is 5.89 Å². The molecule has 3 aliphatic rings. The minimum Gasteiger partial charge on any atom is -0.490 e. The van der Waals surface area contributed by atoms with E-state index in [1.807, 2.05) is 12.3 Å². The Morgan fingerprint density at radius 2 is 2.03 bits per heavy atom. The Balaban J connectivity index is 1.20. The summed E-state index contributed by atoms with van der Waals surface area (Å²) in [6.45, 7) is 6.14. The Morgan fingerprint density at radius 1 is 1.20 bits per heavy atom. The zero-order valence-corrected chi connectivity index (χ0v) is 21.3. The second-order valence-corrected chi connectivity index (χ2v) is 11.4. The molecule has 0 unspecified atom stereocenters. The van der Waals surface area contributed by atoms with Gasteiger partial charge >= 0.3 is 0 Å². The van der Waals surface area contributed by atoms with E-state index < -0.39 is 6.10 Å². The molecule has 4 heterocycles. The molecule has 1 N–H and O–H groups in total. The molecule has 2 aliphatic carbocycles. The lowest BCUT2D eigenvalue weighted by atomic mass is 9.77. The van der Waals surface area contributed by atoms with Crippen LogP contribution < -0.4 is 4.74 Å². The smallest absolute Gasteiger partial charge is 0.222 e. The number of pyridine rings is 1. The van der Waals surface area contributed by atoms with E-state index in [-0.39, 0.29) is 12.0 Å². The molecular weight excluding hydrogens is 462 g/mol. The van der Waals surface area contributed by atoms with Gasteiger partial charge < -0.3 is 19.0 Å². The normalized spacial score (nSPS) is 28.3. The second-order valence-electron chi connectivity index (χ2n) is 10.3. The maximum Gasteiger partial charge on any atom is 0.222 e. The molecule has 7 nitrogen and oxygen atoms in total. The van der Waals surface area contributed by atoms with Crippen molar-refractivity contribution < 1.29 is 19.0 Å². The number of oxazole rings is 1. The van der Waals surface area contributed by atoms with Gasteiger partial charge in [0.25, 0.3) is 0 Å². The van der Waals surface area contributed by atoms with Gasteiger partial charge in [0.1, 0.15) is 22.9 Å². The van der Waals surface area contributed by atoms with Gasteiger partial charge in [0.15, 0.2) is 0 Å². The average molecular weight is 498 g/mol. The van der Waals surface area contributed by atoms with E-state index >= 15 is 0 Å². The monoisotopic (exact) mass is 497 g/mol. The van der Waals surface area contributed by atoms with Crippen LogP contribution in [0.3, 0.4) is 0 Å². The van der Waals surface area contributed by atoms with E-state index in [9.17, 15) is 5.11 Å². The number of hydrogen-bond acceptors (Lipinski definition) is 8. The van der Waals surface area contributed by atoms with Crippen LogP contribution >= 0.6 is 11.3 Å². The van der Waals surface area contributed by atoms with E-state index in [0.29, 0.717) is 17.9 Å². The number of aliphatic hydroxyl groups is 1. The van der Waals surface area contributed by atoms with Crippen molar-refractivity contribution in [3.05, 3.63) is 41.1 Å². The largest absolute Gasteiger partial charge is 0.490 e. The van der Waals surface area contributed by atoms with Crippen molar-refractivity contribution in [2.45, 2.75) is 82.0 Å². The van der Waals surface area contributed by atoms with Crippen molar-refractivity contribution in [3.63, 3.8) is 0 Å². The lowest BCUT2D eigenvalue weighted by Crippen LogP contribution is -2.55. The van der Waals surface area contributed by atoms with Crippen molar-refractivity contribution in [2.75, 3.05) is 26.3 Å². The fraction of sp³-hybridized carbons (Fsp3) is 0.630. The number of nitrogens with zero attached hydrogens (tertiary/aromatic N) is 3. The van der Waals surface area contributed by atoms with Gasteiger partial charge in [0.05, 0.1) is 30.9 Å². The maximum atomic E-state index is 10.7. The molecule has 1 saturated heterocycles. The van der Waals surface area contributed by atoms with Crippen molar-refractivity contribution in [2.24, 2.45) is 0 Å². The highest BCUT2D eigenvalue weighted by molar-refractivity contribution is 7.19. The molecule has 0 amide bonds. The fourth-order valence-corrected chi connectivity index (χ4v) is 7.85. The first-order valence-electron chi connectivity index (χ1n) is 13.1. The standard InChI is InChI=1S/C27H35N3O4S/c1-2-27(30-12-15-32-16-13-30)8-5-19(6-9-27)34-21-7-10-29-26-24(21)23-18(3-4-22(23)35-26)17-20(31)25-28-11-14-33-25/h7,10-11,14,18-20,31H,2-6,8-9,12-13,15-17H2,1H3/t18-,19-,20+,27-/m1/s1. The first-order chi connectivity index (χ1) is 17.2. The third-order valence-corrected chi connectivity index (χ3v) is 9.71. The molecule has 2 atom stereocenters. The lowest BCUT2D eigenvalue weighted by molar-refractivity contribution is -0.0510. The van der Waals surface area contributed by atoms with Crippen LogP contribution in [0.25, 0.3) is 10.2 Å². The zero-order chi connectivity index (χ0) is 23.8. The lowest BCUT2D eigenvalue weighted by Gasteiger charge is -2.49. The molecule has 188 valence electrons. The molecule has 1 aliphatic heterocycles. The number of aryl methyl sites for hydroxylation is 1. The highest BCUT2D eigenvalue weighted by Gasteiger charge is 2.40. The molecule has 0 radical (unpaired) electrons. The summed E-state index contributed by atoms with van der Waals surface area (Å²) in [5.41, 5.74) is 1.62. The Kier molecular flexibility index (Phi) is 6.56. The van der Waals surface area contributed by atoms with Crippen LogP contribution in [0.15, 0.2) is 29.1 Å². The summed E-state index contributed by atoms with van der Waals surface area (Å²) in [6, 6.07) is 2.04.